The predicted octanol–water partition coefficient (Wildman–Crippen LogP) is 3.02. The minimum Gasteiger partial charge on any atom is -0.462 e. The van der Waals surface area contributed by atoms with Crippen molar-refractivity contribution in [2.75, 3.05) is 6.61 Å². The minimum absolute atomic E-state index is 0.161. The van der Waals surface area contributed by atoms with Crippen LogP contribution in [-0.4, -0.2) is 18.4 Å². The Bertz CT molecular complexity index is 445. The van der Waals surface area contributed by atoms with Gasteiger partial charge in [0.25, 0.3) is 0 Å². The van der Waals surface area contributed by atoms with Crippen molar-refractivity contribution in [1.82, 2.24) is 0 Å². The van der Waals surface area contributed by atoms with E-state index in [1.54, 1.807) is 25.1 Å². The highest BCUT2D eigenvalue weighted by Crippen LogP contribution is 2.28. The number of Topliss-reactive ketones (excluding diaryl/α,β-unsaturated/α-hetero) is 1. The van der Waals surface area contributed by atoms with Gasteiger partial charge in [0, 0.05) is 4.90 Å². The van der Waals surface area contributed by atoms with Crippen LogP contribution in [0, 0.1) is 0 Å². The third-order valence-corrected chi connectivity index (χ3v) is 3.10. The molecule has 1 unspecified atom stereocenters. The van der Waals surface area contributed by atoms with E-state index in [0.29, 0.717) is 22.6 Å². The molecule has 0 fully saturated rings. The maximum atomic E-state index is 11.5. The Balaban J connectivity index is 3.01. The maximum absolute atomic E-state index is 11.5. The molecule has 0 bridgehead atoms. The first-order valence-corrected chi connectivity index (χ1v) is 6.00. The van der Waals surface area contributed by atoms with E-state index < -0.39 is 11.3 Å². The molecule has 17 heavy (non-hydrogen) atoms. The molecule has 0 aromatic heterocycles. The summed E-state index contributed by atoms with van der Waals surface area (Å²) in [5.74, 6) is -0.575. The van der Waals surface area contributed by atoms with E-state index in [4.69, 9.17) is 16.3 Å². The molecule has 3 nitrogen and oxygen atoms in total. The lowest BCUT2D eigenvalue weighted by Crippen LogP contribution is -2.07. The number of hydrogen-bond donors (Lipinski definition) is 1. The Morgan fingerprint density at radius 2 is 2.12 bits per heavy atom. The highest BCUT2D eigenvalue weighted by Gasteiger charge is 2.17. The first-order valence-electron chi connectivity index (χ1n) is 5.12. The second-order valence-electron chi connectivity index (χ2n) is 3.47. The Kier molecular flexibility index (Phi) is 5.02. The van der Waals surface area contributed by atoms with Crippen LogP contribution >= 0.6 is 24.2 Å². The van der Waals surface area contributed by atoms with Crippen molar-refractivity contribution >= 4 is 36.0 Å². The summed E-state index contributed by atoms with van der Waals surface area (Å²) in [5.41, 5.74) is 0.989. The van der Waals surface area contributed by atoms with Crippen LogP contribution in [0.2, 0.25) is 0 Å². The summed E-state index contributed by atoms with van der Waals surface area (Å²) in [6.07, 6.45) is 0. The number of esters is 1. The van der Waals surface area contributed by atoms with E-state index >= 15 is 0 Å². The summed E-state index contributed by atoms with van der Waals surface area (Å²) >= 11 is 10.1. The quantitative estimate of drug-likeness (QED) is 0.520. The molecular formula is C12H13ClO3S. The standard InChI is InChI=1S/C12H13ClO3S/c1-3-16-12(15)8-4-5-9(10(17)6-8)11(13)7(2)14/h4-6,11,17H,3H2,1-2H3. The van der Waals surface area contributed by atoms with Gasteiger partial charge in [-0.15, -0.1) is 24.2 Å². The van der Waals surface area contributed by atoms with Gasteiger partial charge in [0.1, 0.15) is 5.38 Å². The zero-order valence-electron chi connectivity index (χ0n) is 9.57. The lowest BCUT2D eigenvalue weighted by atomic mass is 10.1. The van der Waals surface area contributed by atoms with Crippen molar-refractivity contribution in [3.63, 3.8) is 0 Å². The van der Waals surface area contributed by atoms with Crippen LogP contribution < -0.4 is 0 Å². The summed E-state index contributed by atoms with van der Waals surface area (Å²) < 4.78 is 4.86. The average Bonchev–Trinajstić information content (AvgIpc) is 2.28. The monoisotopic (exact) mass is 272 g/mol. The van der Waals surface area contributed by atoms with Crippen LogP contribution in [0.25, 0.3) is 0 Å². The largest absolute Gasteiger partial charge is 0.462 e. The third-order valence-electron chi connectivity index (χ3n) is 2.17. The number of benzene rings is 1. The first-order chi connectivity index (χ1) is 7.97. The Morgan fingerprint density at radius 3 is 2.59 bits per heavy atom. The normalized spacial score (nSPS) is 12.0. The van der Waals surface area contributed by atoms with E-state index in [2.05, 4.69) is 12.6 Å². The second-order valence-corrected chi connectivity index (χ2v) is 4.39. The Hall–Kier alpha value is -1.00. The maximum Gasteiger partial charge on any atom is 0.338 e. The Labute approximate surface area is 111 Å². The smallest absolute Gasteiger partial charge is 0.338 e. The molecule has 5 heteroatoms. The van der Waals surface area contributed by atoms with Gasteiger partial charge in [0.15, 0.2) is 5.78 Å². The minimum atomic E-state index is -0.737. The van der Waals surface area contributed by atoms with E-state index in [9.17, 15) is 9.59 Å². The molecule has 0 aliphatic carbocycles. The summed E-state index contributed by atoms with van der Waals surface area (Å²) in [4.78, 5) is 23.1. The molecule has 92 valence electrons. The van der Waals surface area contributed by atoms with Crippen molar-refractivity contribution < 1.29 is 14.3 Å². The zero-order valence-corrected chi connectivity index (χ0v) is 11.2. The fraction of sp³-hybridized carbons (Fsp3) is 0.333. The first kappa shape index (κ1) is 14.1. The lowest BCUT2D eigenvalue weighted by Gasteiger charge is -2.10. The van der Waals surface area contributed by atoms with Gasteiger partial charge in [-0.2, -0.15) is 0 Å². The van der Waals surface area contributed by atoms with E-state index in [1.165, 1.54) is 6.92 Å². The molecule has 0 N–H and O–H groups in total. The summed E-state index contributed by atoms with van der Waals surface area (Å²) in [6.45, 7) is 3.45. The molecule has 0 saturated carbocycles. The number of rotatable bonds is 4. The molecule has 0 amide bonds. The molecule has 0 radical (unpaired) electrons. The van der Waals surface area contributed by atoms with Crippen molar-refractivity contribution in [2.24, 2.45) is 0 Å². The summed E-state index contributed by atoms with van der Waals surface area (Å²) in [7, 11) is 0. The molecule has 0 aliphatic rings. The number of ether oxygens (including phenoxy) is 1. The van der Waals surface area contributed by atoms with E-state index in [-0.39, 0.29) is 5.78 Å². The number of carbonyl (C=O) groups excluding carboxylic acids is 2. The van der Waals surface area contributed by atoms with Gasteiger partial charge in [-0.1, -0.05) is 6.07 Å². The SMILES string of the molecule is CCOC(=O)c1ccc(C(Cl)C(C)=O)c(S)c1. The van der Waals surface area contributed by atoms with E-state index in [0.717, 1.165) is 0 Å². The fourth-order valence-corrected chi connectivity index (χ4v) is 1.93. The van der Waals surface area contributed by atoms with Crippen molar-refractivity contribution in [3.8, 4) is 0 Å². The van der Waals surface area contributed by atoms with Crippen molar-refractivity contribution in [3.05, 3.63) is 29.3 Å². The topological polar surface area (TPSA) is 43.4 Å². The van der Waals surface area contributed by atoms with Crippen molar-refractivity contribution in [2.45, 2.75) is 24.1 Å². The van der Waals surface area contributed by atoms with Gasteiger partial charge in [-0.3, -0.25) is 4.79 Å². The highest BCUT2D eigenvalue weighted by atomic mass is 35.5. The molecule has 0 aliphatic heterocycles. The van der Waals surface area contributed by atoms with Crippen LogP contribution in [0.5, 0.6) is 0 Å². The average molecular weight is 273 g/mol. The number of carbonyl (C=O) groups is 2. The number of hydrogen-bond acceptors (Lipinski definition) is 4. The van der Waals surface area contributed by atoms with Crippen LogP contribution in [-0.2, 0) is 9.53 Å². The van der Waals surface area contributed by atoms with E-state index in [1.807, 2.05) is 0 Å². The van der Waals surface area contributed by atoms with Crippen LogP contribution in [0.1, 0.15) is 35.1 Å². The van der Waals surface area contributed by atoms with Gasteiger partial charge < -0.3 is 4.74 Å². The molecule has 0 spiro atoms. The van der Waals surface area contributed by atoms with Crippen molar-refractivity contribution in [1.29, 1.82) is 0 Å². The van der Waals surface area contributed by atoms with Gasteiger partial charge in [-0.25, -0.2) is 4.79 Å². The van der Waals surface area contributed by atoms with Crippen LogP contribution in [0.15, 0.2) is 23.1 Å². The molecule has 1 aromatic carbocycles. The van der Waals surface area contributed by atoms with Gasteiger partial charge in [-0.05, 0) is 31.5 Å². The van der Waals surface area contributed by atoms with Gasteiger partial charge in [0.2, 0.25) is 0 Å². The summed E-state index contributed by atoms with van der Waals surface area (Å²) in [5, 5.41) is -0.737. The highest BCUT2D eigenvalue weighted by molar-refractivity contribution is 7.80. The van der Waals surface area contributed by atoms with Crippen LogP contribution in [0.3, 0.4) is 0 Å². The number of alkyl halides is 1. The summed E-state index contributed by atoms with van der Waals surface area (Å²) in [6, 6.07) is 4.74. The fourth-order valence-electron chi connectivity index (χ4n) is 1.32. The lowest BCUT2D eigenvalue weighted by molar-refractivity contribution is -0.116. The molecule has 0 saturated heterocycles. The molecule has 1 aromatic rings. The third kappa shape index (κ3) is 3.48. The number of thiol groups is 1. The molecule has 1 atom stereocenters. The number of ketones is 1. The predicted molar refractivity (Wildman–Crippen MR) is 68.9 cm³/mol. The van der Waals surface area contributed by atoms with Gasteiger partial charge in [0.05, 0.1) is 12.2 Å². The number of halogens is 1. The van der Waals surface area contributed by atoms with Gasteiger partial charge >= 0.3 is 5.97 Å². The zero-order chi connectivity index (χ0) is 13.0. The Morgan fingerprint density at radius 1 is 1.47 bits per heavy atom. The molecular weight excluding hydrogens is 260 g/mol. The molecule has 1 rings (SSSR count). The second kappa shape index (κ2) is 6.07. The molecule has 0 heterocycles. The van der Waals surface area contributed by atoms with Crippen LogP contribution in [0.4, 0.5) is 0 Å².